The van der Waals surface area contributed by atoms with Gasteiger partial charge in [0.1, 0.15) is 0 Å². The lowest BCUT2D eigenvalue weighted by Gasteiger charge is -2.13. The van der Waals surface area contributed by atoms with E-state index in [0.717, 1.165) is 11.1 Å². The van der Waals surface area contributed by atoms with E-state index in [-0.39, 0.29) is 12.8 Å². The lowest BCUT2D eigenvalue weighted by molar-refractivity contribution is 0.165. The van der Waals surface area contributed by atoms with Crippen LogP contribution in [0, 0.1) is 0 Å². The summed E-state index contributed by atoms with van der Waals surface area (Å²) >= 11 is 5.82. The highest BCUT2D eigenvalue weighted by Crippen LogP contribution is 2.34. The van der Waals surface area contributed by atoms with E-state index in [2.05, 4.69) is 10.6 Å². The zero-order valence-electron chi connectivity index (χ0n) is 13.5. The van der Waals surface area contributed by atoms with Crippen LogP contribution in [0.5, 0.6) is 11.5 Å². The number of rotatable bonds is 6. The first-order valence-electron chi connectivity index (χ1n) is 7.95. The van der Waals surface area contributed by atoms with Crippen LogP contribution >= 0.6 is 11.6 Å². The number of hydrogen-bond acceptors (Lipinski definition) is 4. The van der Waals surface area contributed by atoms with Crippen molar-refractivity contribution in [3.05, 3.63) is 58.6 Å². The Kier molecular flexibility index (Phi) is 5.63. The highest BCUT2D eigenvalue weighted by atomic mass is 35.5. The molecule has 0 saturated heterocycles. The first kappa shape index (κ1) is 17.4. The summed E-state index contributed by atoms with van der Waals surface area (Å²) in [7, 11) is 0. The molecule has 2 amide bonds. The topological polar surface area (TPSA) is 79.8 Å². The Morgan fingerprint density at radius 3 is 2.68 bits per heavy atom. The van der Waals surface area contributed by atoms with E-state index in [0.29, 0.717) is 36.0 Å². The van der Waals surface area contributed by atoms with Crippen molar-refractivity contribution in [3.63, 3.8) is 0 Å². The molecule has 7 heteroatoms. The van der Waals surface area contributed by atoms with E-state index in [4.69, 9.17) is 21.1 Å². The van der Waals surface area contributed by atoms with Crippen molar-refractivity contribution in [3.8, 4) is 11.5 Å². The van der Waals surface area contributed by atoms with Gasteiger partial charge in [0.25, 0.3) is 0 Å². The number of halogens is 1. The zero-order chi connectivity index (χ0) is 17.6. The quantitative estimate of drug-likeness (QED) is 0.738. The Balaban J connectivity index is 1.39. The fourth-order valence-corrected chi connectivity index (χ4v) is 2.58. The van der Waals surface area contributed by atoms with Crippen molar-refractivity contribution in [2.45, 2.75) is 19.1 Å². The number of urea groups is 1. The Bertz CT molecular complexity index is 736. The number of aliphatic hydroxyl groups excluding tert-OH is 1. The highest BCUT2D eigenvalue weighted by Gasteiger charge is 2.16. The molecule has 25 heavy (non-hydrogen) atoms. The number of carbonyl (C=O) groups excluding carboxylic acids is 1. The minimum atomic E-state index is -0.689. The molecule has 0 spiro atoms. The first-order valence-corrected chi connectivity index (χ1v) is 8.33. The zero-order valence-corrected chi connectivity index (χ0v) is 14.3. The molecule has 3 rings (SSSR count). The average molecular weight is 363 g/mol. The maximum atomic E-state index is 11.8. The van der Waals surface area contributed by atoms with Crippen LogP contribution in [0.15, 0.2) is 42.5 Å². The van der Waals surface area contributed by atoms with Gasteiger partial charge in [0, 0.05) is 18.1 Å². The Labute approximate surface area is 150 Å². The van der Waals surface area contributed by atoms with E-state index in [9.17, 15) is 9.90 Å². The molecule has 0 fully saturated rings. The van der Waals surface area contributed by atoms with Gasteiger partial charge >= 0.3 is 6.03 Å². The van der Waals surface area contributed by atoms with Crippen LogP contribution in [-0.2, 0) is 6.54 Å². The predicted molar refractivity (Wildman–Crippen MR) is 93.8 cm³/mol. The Hall–Kier alpha value is -2.44. The molecule has 0 unspecified atom stereocenters. The van der Waals surface area contributed by atoms with E-state index < -0.39 is 6.10 Å². The number of hydrogen-bond donors (Lipinski definition) is 3. The number of fused-ring (bicyclic) bond motifs is 1. The molecule has 0 aliphatic carbocycles. The van der Waals surface area contributed by atoms with Crippen molar-refractivity contribution in [2.75, 3.05) is 13.3 Å². The molecule has 0 aromatic heterocycles. The Morgan fingerprint density at radius 2 is 1.88 bits per heavy atom. The molecule has 2 aromatic rings. The second-order valence-corrected chi connectivity index (χ2v) is 6.09. The predicted octanol–water partition coefficient (Wildman–Crippen LogP) is 2.99. The third-order valence-corrected chi connectivity index (χ3v) is 4.10. The Morgan fingerprint density at radius 1 is 1.12 bits per heavy atom. The SMILES string of the molecule is O=C(NCC[C@@H](O)c1ccc2c(c1)OCO2)NCc1ccc(Cl)cc1. The van der Waals surface area contributed by atoms with Crippen molar-refractivity contribution < 1.29 is 19.4 Å². The minimum absolute atomic E-state index is 0.199. The molecule has 0 saturated carbocycles. The van der Waals surface area contributed by atoms with Gasteiger partial charge in [-0.15, -0.1) is 0 Å². The van der Waals surface area contributed by atoms with Crippen LogP contribution in [0.1, 0.15) is 23.7 Å². The molecule has 0 bridgehead atoms. The summed E-state index contributed by atoms with van der Waals surface area (Å²) in [5.74, 6) is 1.31. The van der Waals surface area contributed by atoms with Crippen LogP contribution in [0.3, 0.4) is 0 Å². The van der Waals surface area contributed by atoms with Gasteiger partial charge < -0.3 is 25.2 Å². The van der Waals surface area contributed by atoms with E-state index in [1.54, 1.807) is 30.3 Å². The maximum Gasteiger partial charge on any atom is 0.315 e. The summed E-state index contributed by atoms with van der Waals surface area (Å²) in [4.78, 5) is 11.8. The number of benzene rings is 2. The lowest BCUT2D eigenvalue weighted by Crippen LogP contribution is -2.36. The molecule has 0 radical (unpaired) electrons. The number of carbonyl (C=O) groups is 1. The van der Waals surface area contributed by atoms with Crippen LogP contribution in [0.25, 0.3) is 0 Å². The van der Waals surface area contributed by atoms with Crippen LogP contribution in [0.4, 0.5) is 4.79 Å². The second-order valence-electron chi connectivity index (χ2n) is 5.65. The summed E-state index contributed by atoms with van der Waals surface area (Å²) in [5.41, 5.74) is 1.69. The molecule has 3 N–H and O–H groups in total. The van der Waals surface area contributed by atoms with Crippen LogP contribution in [-0.4, -0.2) is 24.5 Å². The molecule has 1 aliphatic rings. The second kappa shape index (κ2) is 8.09. The molecule has 132 valence electrons. The molecule has 1 heterocycles. The summed E-state index contributed by atoms with van der Waals surface area (Å²) < 4.78 is 10.5. The number of amides is 2. The first-order chi connectivity index (χ1) is 12.1. The fourth-order valence-electron chi connectivity index (χ4n) is 2.46. The van der Waals surface area contributed by atoms with Gasteiger partial charge in [-0.25, -0.2) is 4.79 Å². The normalized spacial score (nSPS) is 13.4. The standard InChI is InChI=1S/C18H19ClN2O4/c19-14-4-1-12(2-5-14)10-21-18(23)20-8-7-15(22)13-3-6-16-17(9-13)25-11-24-16/h1-6,9,15,22H,7-8,10-11H2,(H2,20,21,23)/t15-/m1/s1. The van der Waals surface area contributed by atoms with Gasteiger partial charge in [0.05, 0.1) is 6.10 Å². The molecule has 2 aromatic carbocycles. The number of aliphatic hydroxyl groups is 1. The van der Waals surface area contributed by atoms with Gasteiger partial charge in [0.15, 0.2) is 11.5 Å². The van der Waals surface area contributed by atoms with Gasteiger partial charge in [-0.3, -0.25) is 0 Å². The minimum Gasteiger partial charge on any atom is -0.454 e. The highest BCUT2D eigenvalue weighted by molar-refractivity contribution is 6.30. The van der Waals surface area contributed by atoms with E-state index >= 15 is 0 Å². The summed E-state index contributed by atoms with van der Waals surface area (Å²) in [6, 6.07) is 12.3. The molecular formula is C18H19ClN2O4. The molecule has 6 nitrogen and oxygen atoms in total. The van der Waals surface area contributed by atoms with Crippen LogP contribution in [0.2, 0.25) is 5.02 Å². The van der Waals surface area contributed by atoms with Crippen LogP contribution < -0.4 is 20.1 Å². The summed E-state index contributed by atoms with van der Waals surface area (Å²) in [5, 5.41) is 16.4. The van der Waals surface area contributed by atoms with Crippen molar-refractivity contribution >= 4 is 17.6 Å². The smallest absolute Gasteiger partial charge is 0.315 e. The van der Waals surface area contributed by atoms with Gasteiger partial charge in [-0.05, 0) is 41.8 Å². The van der Waals surface area contributed by atoms with E-state index in [1.807, 2.05) is 12.1 Å². The number of nitrogens with one attached hydrogen (secondary N) is 2. The molecular weight excluding hydrogens is 344 g/mol. The fraction of sp³-hybridized carbons (Fsp3) is 0.278. The average Bonchev–Trinajstić information content (AvgIpc) is 3.09. The van der Waals surface area contributed by atoms with Crippen molar-refractivity contribution in [1.29, 1.82) is 0 Å². The summed E-state index contributed by atoms with van der Waals surface area (Å²) in [6.45, 7) is 0.958. The van der Waals surface area contributed by atoms with Gasteiger partial charge in [-0.1, -0.05) is 29.8 Å². The monoisotopic (exact) mass is 362 g/mol. The third-order valence-electron chi connectivity index (χ3n) is 3.85. The number of ether oxygens (including phenoxy) is 2. The van der Waals surface area contributed by atoms with Crippen molar-refractivity contribution in [1.82, 2.24) is 10.6 Å². The van der Waals surface area contributed by atoms with Crippen molar-refractivity contribution in [2.24, 2.45) is 0 Å². The van der Waals surface area contributed by atoms with E-state index in [1.165, 1.54) is 0 Å². The molecule has 1 aliphatic heterocycles. The van der Waals surface area contributed by atoms with Gasteiger partial charge in [-0.2, -0.15) is 0 Å². The molecule has 1 atom stereocenters. The third kappa shape index (κ3) is 4.78. The largest absolute Gasteiger partial charge is 0.454 e. The maximum absolute atomic E-state index is 11.8. The van der Waals surface area contributed by atoms with Gasteiger partial charge in [0.2, 0.25) is 6.79 Å². The summed E-state index contributed by atoms with van der Waals surface area (Å²) in [6.07, 6.45) is -0.292. The lowest BCUT2D eigenvalue weighted by atomic mass is 10.1.